The van der Waals surface area contributed by atoms with E-state index in [2.05, 4.69) is 41.8 Å². The molecule has 0 radical (unpaired) electrons. The molecule has 4 rings (SSSR count). The summed E-state index contributed by atoms with van der Waals surface area (Å²) in [6, 6.07) is 24.2. The summed E-state index contributed by atoms with van der Waals surface area (Å²) < 4.78 is 6.60. The number of phenolic OH excluding ortho intramolecular Hbond substituents is 1. The largest absolute Gasteiger partial charge is 0.508 e. The molecule has 0 spiro atoms. The smallest absolute Gasteiger partial charge is 0.136 e. The summed E-state index contributed by atoms with van der Waals surface area (Å²) in [7, 11) is 0. The number of allylic oxidation sites excluding steroid dienone is 1. The van der Waals surface area contributed by atoms with Crippen LogP contribution in [-0.4, -0.2) is 23.1 Å². The molecule has 1 heterocycles. The number of fused-ring (bicyclic) bond motifs is 3. The van der Waals surface area contributed by atoms with Gasteiger partial charge >= 0.3 is 0 Å². The zero-order chi connectivity index (χ0) is 20.1. The van der Waals surface area contributed by atoms with Crippen LogP contribution in [0.4, 0.5) is 0 Å². The number of aromatic hydroxyl groups is 1. The van der Waals surface area contributed by atoms with E-state index in [-0.39, 0.29) is 6.10 Å². The molecular formula is C26H27NO2. The zero-order valence-electron chi connectivity index (χ0n) is 16.6. The van der Waals surface area contributed by atoms with Crippen molar-refractivity contribution in [2.45, 2.75) is 25.5 Å². The monoisotopic (exact) mass is 385 g/mol. The minimum atomic E-state index is -0.0657. The van der Waals surface area contributed by atoms with Gasteiger partial charge in [-0.15, -0.1) is 6.58 Å². The van der Waals surface area contributed by atoms with E-state index in [1.54, 1.807) is 6.07 Å². The molecule has 3 aromatic carbocycles. The first-order valence-electron chi connectivity index (χ1n) is 10.2. The van der Waals surface area contributed by atoms with E-state index in [1.807, 2.05) is 42.5 Å². The lowest BCUT2D eigenvalue weighted by molar-refractivity contribution is 0.130. The van der Waals surface area contributed by atoms with Crippen molar-refractivity contribution in [1.29, 1.82) is 0 Å². The number of para-hydroxylation sites is 1. The van der Waals surface area contributed by atoms with Gasteiger partial charge in [-0.25, -0.2) is 0 Å². The molecule has 3 nitrogen and oxygen atoms in total. The molecule has 3 heteroatoms. The lowest BCUT2D eigenvalue weighted by Gasteiger charge is -2.27. The van der Waals surface area contributed by atoms with Gasteiger partial charge in [-0.1, -0.05) is 60.7 Å². The third kappa shape index (κ3) is 4.52. The predicted molar refractivity (Wildman–Crippen MR) is 118 cm³/mol. The summed E-state index contributed by atoms with van der Waals surface area (Å²) in [6.45, 7) is 6.35. The number of hydrogen-bond donors (Lipinski definition) is 1. The van der Waals surface area contributed by atoms with Gasteiger partial charge in [-0.2, -0.15) is 0 Å². The molecule has 3 aromatic rings. The minimum Gasteiger partial charge on any atom is -0.508 e. The summed E-state index contributed by atoms with van der Waals surface area (Å²) in [5.74, 6) is 1.17. The lowest BCUT2D eigenvalue weighted by Crippen LogP contribution is -2.31. The Balaban J connectivity index is 1.78. The number of rotatable bonds is 5. The second-order valence-electron chi connectivity index (χ2n) is 7.52. The van der Waals surface area contributed by atoms with E-state index in [4.69, 9.17) is 4.74 Å². The van der Waals surface area contributed by atoms with Gasteiger partial charge in [0.25, 0.3) is 0 Å². The Labute approximate surface area is 172 Å². The van der Waals surface area contributed by atoms with Crippen molar-refractivity contribution in [3.63, 3.8) is 0 Å². The van der Waals surface area contributed by atoms with Crippen LogP contribution in [0.25, 0.3) is 11.1 Å². The second-order valence-corrected chi connectivity index (χ2v) is 7.52. The van der Waals surface area contributed by atoms with Gasteiger partial charge in [0.1, 0.15) is 17.6 Å². The molecule has 0 saturated heterocycles. The van der Waals surface area contributed by atoms with E-state index in [0.717, 1.165) is 54.9 Å². The van der Waals surface area contributed by atoms with Gasteiger partial charge in [0.05, 0.1) is 0 Å². The molecule has 0 aliphatic carbocycles. The van der Waals surface area contributed by atoms with Crippen LogP contribution in [0, 0.1) is 0 Å². The molecule has 0 aromatic heterocycles. The normalized spacial score (nSPS) is 16.5. The van der Waals surface area contributed by atoms with E-state index in [9.17, 15) is 5.11 Å². The van der Waals surface area contributed by atoms with Gasteiger partial charge in [-0.05, 0) is 54.3 Å². The molecule has 148 valence electrons. The fraction of sp³-hybridized carbons (Fsp3) is 0.231. The van der Waals surface area contributed by atoms with Gasteiger partial charge in [0, 0.05) is 18.7 Å². The number of ether oxygens (including phenoxy) is 1. The second kappa shape index (κ2) is 8.97. The number of nitrogens with zero attached hydrogens (tertiary/aromatic N) is 1. The van der Waals surface area contributed by atoms with Crippen molar-refractivity contribution in [1.82, 2.24) is 4.90 Å². The molecule has 0 fully saturated rings. The molecule has 1 aliphatic rings. The Morgan fingerprint density at radius 3 is 2.62 bits per heavy atom. The maximum Gasteiger partial charge on any atom is 0.136 e. The van der Waals surface area contributed by atoms with Gasteiger partial charge in [-0.3, -0.25) is 4.90 Å². The van der Waals surface area contributed by atoms with E-state index in [0.29, 0.717) is 5.75 Å². The van der Waals surface area contributed by atoms with Crippen molar-refractivity contribution < 1.29 is 9.84 Å². The van der Waals surface area contributed by atoms with Gasteiger partial charge in [0.15, 0.2) is 0 Å². The van der Waals surface area contributed by atoms with Gasteiger partial charge < -0.3 is 9.84 Å². The van der Waals surface area contributed by atoms with Crippen LogP contribution >= 0.6 is 0 Å². The number of phenols is 1. The highest BCUT2D eigenvalue weighted by Gasteiger charge is 2.23. The number of benzene rings is 3. The van der Waals surface area contributed by atoms with Crippen LogP contribution in [0.1, 0.15) is 30.1 Å². The van der Waals surface area contributed by atoms with Crippen molar-refractivity contribution in [2.75, 3.05) is 13.1 Å². The first kappa shape index (κ1) is 19.3. The number of unbranched alkanes of at least 4 members (excludes halogenated alkanes) is 1. The van der Waals surface area contributed by atoms with Crippen LogP contribution in [0.2, 0.25) is 0 Å². The average molecular weight is 386 g/mol. The van der Waals surface area contributed by atoms with Crippen molar-refractivity contribution in [3.05, 3.63) is 96.6 Å². The Hall–Kier alpha value is -3.04. The highest BCUT2D eigenvalue weighted by molar-refractivity contribution is 5.74. The van der Waals surface area contributed by atoms with E-state index in [1.165, 1.54) is 5.56 Å². The van der Waals surface area contributed by atoms with Crippen LogP contribution < -0.4 is 4.74 Å². The summed E-state index contributed by atoms with van der Waals surface area (Å²) in [4.78, 5) is 2.42. The van der Waals surface area contributed by atoms with Crippen molar-refractivity contribution in [2.24, 2.45) is 0 Å². The highest BCUT2D eigenvalue weighted by atomic mass is 16.5. The Bertz CT molecular complexity index is 967. The van der Waals surface area contributed by atoms with Crippen molar-refractivity contribution in [3.8, 4) is 22.6 Å². The zero-order valence-corrected chi connectivity index (χ0v) is 16.6. The highest BCUT2D eigenvalue weighted by Crippen LogP contribution is 2.38. The Morgan fingerprint density at radius 1 is 1.00 bits per heavy atom. The molecule has 0 saturated carbocycles. The first-order chi connectivity index (χ1) is 14.2. The van der Waals surface area contributed by atoms with Crippen LogP contribution in [0.3, 0.4) is 0 Å². The van der Waals surface area contributed by atoms with Crippen LogP contribution in [0.15, 0.2) is 85.5 Å². The fourth-order valence-corrected chi connectivity index (χ4v) is 3.97. The number of hydrogen-bond acceptors (Lipinski definition) is 3. The third-order valence-electron chi connectivity index (χ3n) is 5.41. The summed E-state index contributed by atoms with van der Waals surface area (Å²) in [5.41, 5.74) is 4.47. The summed E-state index contributed by atoms with van der Waals surface area (Å²) in [6.07, 6.45) is 3.94. The molecule has 1 atom stereocenters. The molecule has 1 N–H and O–H groups in total. The fourth-order valence-electron chi connectivity index (χ4n) is 3.97. The third-order valence-corrected chi connectivity index (χ3v) is 5.41. The van der Waals surface area contributed by atoms with Crippen molar-refractivity contribution >= 4 is 0 Å². The van der Waals surface area contributed by atoms with Crippen LogP contribution in [0.5, 0.6) is 11.5 Å². The first-order valence-corrected chi connectivity index (χ1v) is 10.2. The van der Waals surface area contributed by atoms with Crippen LogP contribution in [-0.2, 0) is 6.54 Å². The molecule has 1 aliphatic heterocycles. The quantitative estimate of drug-likeness (QED) is 0.434. The Kier molecular flexibility index (Phi) is 5.97. The van der Waals surface area contributed by atoms with E-state index < -0.39 is 0 Å². The topological polar surface area (TPSA) is 32.7 Å². The maximum atomic E-state index is 10.1. The summed E-state index contributed by atoms with van der Waals surface area (Å²) in [5, 5.41) is 10.1. The molecule has 29 heavy (non-hydrogen) atoms. The molecule has 0 amide bonds. The molecule has 0 unspecified atom stereocenters. The predicted octanol–water partition coefficient (Wildman–Crippen LogP) is 5.96. The lowest BCUT2D eigenvalue weighted by atomic mass is 9.98. The maximum absolute atomic E-state index is 10.1. The van der Waals surface area contributed by atoms with Gasteiger partial charge in [0.2, 0.25) is 0 Å². The standard InChI is InChI=1S/C26H27NO2/c1-2-3-9-16-27-18-21-17-22(28)14-15-23(21)24-12-7-8-13-25(24)29-26(19-27)20-10-5-4-6-11-20/h2,4-8,10-15,17,26,28H,1,3,9,16,18-19H2/t26-/m0/s1. The van der Waals surface area contributed by atoms with E-state index >= 15 is 0 Å². The Morgan fingerprint density at radius 2 is 1.79 bits per heavy atom. The summed E-state index contributed by atoms with van der Waals surface area (Å²) >= 11 is 0. The molecular weight excluding hydrogens is 358 g/mol. The molecule has 0 bridgehead atoms. The minimum absolute atomic E-state index is 0.0657. The average Bonchev–Trinajstić information content (AvgIpc) is 2.80. The SMILES string of the molecule is C=CCCCN1Cc2cc(O)ccc2-c2ccccc2O[C@H](c2ccccc2)C1.